The van der Waals surface area contributed by atoms with Crippen LogP contribution in [0, 0.1) is 0 Å². The quantitative estimate of drug-likeness (QED) is 0.843. The van der Waals surface area contributed by atoms with Crippen LogP contribution in [0.2, 0.25) is 0 Å². The molecule has 0 aliphatic heterocycles. The van der Waals surface area contributed by atoms with Crippen molar-refractivity contribution in [3.63, 3.8) is 0 Å². The fourth-order valence-corrected chi connectivity index (χ4v) is 2.05. The molecule has 0 heterocycles. The van der Waals surface area contributed by atoms with Crippen molar-refractivity contribution in [2.24, 2.45) is 0 Å². The Morgan fingerprint density at radius 2 is 1.68 bits per heavy atom. The van der Waals surface area contributed by atoms with Gasteiger partial charge in [-0.1, -0.05) is 45.0 Å². The van der Waals surface area contributed by atoms with Gasteiger partial charge in [0.25, 0.3) is 0 Å². The fourth-order valence-electron chi connectivity index (χ4n) is 2.05. The molecule has 1 N–H and O–H groups in total. The second-order valence-electron chi connectivity index (χ2n) is 5.93. The number of fused-ring (bicyclic) bond motifs is 1. The first-order valence-corrected chi connectivity index (χ1v) is 6.82. The Morgan fingerprint density at radius 3 is 2.37 bits per heavy atom. The summed E-state index contributed by atoms with van der Waals surface area (Å²) >= 11 is 0. The van der Waals surface area contributed by atoms with Crippen molar-refractivity contribution in [2.75, 3.05) is 20.2 Å². The predicted molar refractivity (Wildman–Crippen MR) is 82.1 cm³/mol. The molecule has 2 rings (SSSR count). The van der Waals surface area contributed by atoms with Gasteiger partial charge in [0, 0.05) is 6.54 Å². The predicted octanol–water partition coefficient (Wildman–Crippen LogP) is 3.74. The van der Waals surface area contributed by atoms with E-state index in [9.17, 15) is 0 Å². The number of likely N-dealkylation sites (N-methyl/N-ethyl adjacent to an activating group) is 1. The summed E-state index contributed by atoms with van der Waals surface area (Å²) in [4.78, 5) is 0. The van der Waals surface area contributed by atoms with Gasteiger partial charge in [0.2, 0.25) is 0 Å². The first-order chi connectivity index (χ1) is 9.00. The molecule has 0 aliphatic rings. The molecule has 0 saturated heterocycles. The number of hydrogen-bond donors (Lipinski definition) is 1. The van der Waals surface area contributed by atoms with Crippen molar-refractivity contribution in [1.82, 2.24) is 5.32 Å². The van der Waals surface area contributed by atoms with Crippen molar-refractivity contribution in [1.29, 1.82) is 0 Å². The lowest BCUT2D eigenvalue weighted by atomic mass is 9.86. The molecule has 2 aromatic rings. The highest BCUT2D eigenvalue weighted by Crippen LogP contribution is 2.28. The van der Waals surface area contributed by atoms with E-state index in [2.05, 4.69) is 56.4 Å². The van der Waals surface area contributed by atoms with Gasteiger partial charge in [-0.25, -0.2) is 0 Å². The van der Waals surface area contributed by atoms with Gasteiger partial charge < -0.3 is 10.1 Å². The third-order valence-electron chi connectivity index (χ3n) is 3.30. The van der Waals surface area contributed by atoms with Crippen LogP contribution < -0.4 is 10.1 Å². The molecule has 0 unspecified atom stereocenters. The minimum atomic E-state index is 0.191. The van der Waals surface area contributed by atoms with Gasteiger partial charge >= 0.3 is 0 Å². The molecule has 2 nitrogen and oxygen atoms in total. The number of rotatable bonds is 4. The van der Waals surface area contributed by atoms with E-state index in [4.69, 9.17) is 4.74 Å². The van der Waals surface area contributed by atoms with E-state index in [1.54, 1.807) is 0 Å². The smallest absolute Gasteiger partial charge is 0.120 e. The molecular weight excluding hydrogens is 234 g/mol. The van der Waals surface area contributed by atoms with Crippen molar-refractivity contribution < 1.29 is 4.74 Å². The molecule has 102 valence electrons. The summed E-state index contributed by atoms with van der Waals surface area (Å²) in [6, 6.07) is 13.0. The lowest BCUT2D eigenvalue weighted by Gasteiger charge is -2.19. The lowest BCUT2D eigenvalue weighted by molar-refractivity contribution is 0.319. The van der Waals surface area contributed by atoms with E-state index >= 15 is 0 Å². The van der Waals surface area contributed by atoms with E-state index in [-0.39, 0.29) is 5.41 Å². The maximum atomic E-state index is 5.69. The van der Waals surface area contributed by atoms with E-state index in [0.717, 1.165) is 12.3 Å². The molecule has 0 fully saturated rings. The molecule has 0 spiro atoms. The zero-order valence-corrected chi connectivity index (χ0v) is 12.3. The van der Waals surface area contributed by atoms with Crippen LogP contribution in [0.25, 0.3) is 10.8 Å². The molecule has 0 amide bonds. The largest absolute Gasteiger partial charge is 0.492 e. The molecule has 19 heavy (non-hydrogen) atoms. The van der Waals surface area contributed by atoms with Crippen LogP contribution in [0.1, 0.15) is 26.3 Å². The van der Waals surface area contributed by atoms with Crippen molar-refractivity contribution in [2.45, 2.75) is 26.2 Å². The zero-order valence-electron chi connectivity index (χ0n) is 12.3. The fraction of sp³-hybridized carbons (Fsp3) is 0.412. The summed E-state index contributed by atoms with van der Waals surface area (Å²) in [5, 5.41) is 5.58. The van der Waals surface area contributed by atoms with Crippen molar-refractivity contribution in [3.8, 4) is 5.75 Å². The number of nitrogens with one attached hydrogen (secondary N) is 1. The normalized spacial score (nSPS) is 11.8. The molecule has 2 aromatic carbocycles. The highest BCUT2D eigenvalue weighted by Gasteiger charge is 2.13. The molecule has 0 bridgehead atoms. The second-order valence-corrected chi connectivity index (χ2v) is 5.93. The Balaban J connectivity index is 2.25. The standard InChI is InChI=1S/C17H23NO/c1-17(2,3)15-7-5-14-12-16(19-10-9-18-4)8-6-13(14)11-15/h5-8,11-12,18H,9-10H2,1-4H3. The van der Waals surface area contributed by atoms with Gasteiger partial charge in [-0.05, 0) is 40.9 Å². The van der Waals surface area contributed by atoms with Crippen LogP contribution >= 0.6 is 0 Å². The molecule has 0 atom stereocenters. The topological polar surface area (TPSA) is 21.3 Å². The molecule has 0 radical (unpaired) electrons. The average molecular weight is 257 g/mol. The van der Waals surface area contributed by atoms with Gasteiger partial charge in [-0.2, -0.15) is 0 Å². The Labute approximate surface area is 115 Å². The second kappa shape index (κ2) is 5.62. The van der Waals surface area contributed by atoms with Gasteiger partial charge in [-0.15, -0.1) is 0 Å². The molecule has 0 aliphatic carbocycles. The summed E-state index contributed by atoms with van der Waals surface area (Å²) in [5.41, 5.74) is 1.56. The Bertz CT molecular complexity index is 555. The number of benzene rings is 2. The molecular formula is C17H23NO. The SMILES string of the molecule is CNCCOc1ccc2cc(C(C)(C)C)ccc2c1. The lowest BCUT2D eigenvalue weighted by Crippen LogP contribution is -2.15. The molecule has 0 aromatic heterocycles. The van der Waals surface area contributed by atoms with E-state index < -0.39 is 0 Å². The van der Waals surface area contributed by atoms with Gasteiger partial charge in [0.05, 0.1) is 0 Å². The minimum absolute atomic E-state index is 0.191. The zero-order chi connectivity index (χ0) is 13.9. The van der Waals surface area contributed by atoms with Gasteiger partial charge in [-0.3, -0.25) is 0 Å². The van der Waals surface area contributed by atoms with E-state index in [1.165, 1.54) is 16.3 Å². The van der Waals surface area contributed by atoms with Crippen molar-refractivity contribution >= 4 is 10.8 Å². The molecule has 2 heteroatoms. The highest BCUT2D eigenvalue weighted by atomic mass is 16.5. The Morgan fingerprint density at radius 1 is 1.00 bits per heavy atom. The number of ether oxygens (including phenoxy) is 1. The monoisotopic (exact) mass is 257 g/mol. The minimum Gasteiger partial charge on any atom is -0.492 e. The summed E-state index contributed by atoms with van der Waals surface area (Å²) in [6.45, 7) is 8.28. The Kier molecular flexibility index (Phi) is 4.11. The van der Waals surface area contributed by atoms with Crippen LogP contribution in [0.3, 0.4) is 0 Å². The summed E-state index contributed by atoms with van der Waals surface area (Å²) in [7, 11) is 1.93. The van der Waals surface area contributed by atoms with Gasteiger partial charge in [0.15, 0.2) is 0 Å². The van der Waals surface area contributed by atoms with E-state index in [0.29, 0.717) is 6.61 Å². The maximum absolute atomic E-state index is 5.69. The van der Waals surface area contributed by atoms with Gasteiger partial charge in [0.1, 0.15) is 12.4 Å². The average Bonchev–Trinajstić information content (AvgIpc) is 2.37. The van der Waals surface area contributed by atoms with Crippen LogP contribution in [-0.2, 0) is 5.41 Å². The third-order valence-corrected chi connectivity index (χ3v) is 3.30. The van der Waals surface area contributed by atoms with Crippen LogP contribution in [0.15, 0.2) is 36.4 Å². The summed E-state index contributed by atoms with van der Waals surface area (Å²) < 4.78 is 5.69. The van der Waals surface area contributed by atoms with Crippen molar-refractivity contribution in [3.05, 3.63) is 42.0 Å². The van der Waals surface area contributed by atoms with Crippen LogP contribution in [0.5, 0.6) is 5.75 Å². The molecule has 0 saturated carbocycles. The Hall–Kier alpha value is -1.54. The number of hydrogen-bond acceptors (Lipinski definition) is 2. The highest BCUT2D eigenvalue weighted by molar-refractivity contribution is 5.84. The first kappa shape index (κ1) is 13.9. The van der Waals surface area contributed by atoms with E-state index in [1.807, 2.05) is 13.1 Å². The van der Waals surface area contributed by atoms with Crippen LogP contribution in [0.4, 0.5) is 0 Å². The third kappa shape index (κ3) is 3.48. The van der Waals surface area contributed by atoms with Crippen LogP contribution in [-0.4, -0.2) is 20.2 Å². The summed E-state index contributed by atoms with van der Waals surface area (Å²) in [6.07, 6.45) is 0. The summed E-state index contributed by atoms with van der Waals surface area (Å²) in [5.74, 6) is 0.936. The maximum Gasteiger partial charge on any atom is 0.120 e. The first-order valence-electron chi connectivity index (χ1n) is 6.82.